The smallest absolute Gasteiger partial charge is 0.222 e. The maximum atomic E-state index is 12.5. The molecule has 0 aliphatic carbocycles. The molecule has 1 unspecified atom stereocenters. The maximum Gasteiger partial charge on any atom is 0.222 e. The first-order chi connectivity index (χ1) is 12.9. The number of ether oxygens (including phenoxy) is 2. The van der Waals surface area contributed by atoms with Crippen LogP contribution in [-0.4, -0.2) is 37.4 Å². The first-order valence-electron chi connectivity index (χ1n) is 9.06. The zero-order valence-corrected chi connectivity index (χ0v) is 16.4. The lowest BCUT2D eigenvalue weighted by molar-refractivity contribution is -0.132. The summed E-state index contributed by atoms with van der Waals surface area (Å²) in [5, 5.41) is 0. The molecule has 2 aromatic rings. The third-order valence-corrected chi connectivity index (χ3v) is 4.63. The Bertz CT molecular complexity index is 770. The average molecular weight is 369 g/mol. The number of benzene rings is 2. The van der Waals surface area contributed by atoms with E-state index in [4.69, 9.17) is 9.47 Å². The van der Waals surface area contributed by atoms with Crippen molar-refractivity contribution in [3.05, 3.63) is 59.7 Å². The molecule has 5 nitrogen and oxygen atoms in total. The lowest BCUT2D eigenvalue weighted by atomic mass is 10.1. The Morgan fingerprint density at radius 3 is 2.37 bits per heavy atom. The molecule has 0 radical (unpaired) electrons. The number of hydrogen-bond donors (Lipinski definition) is 0. The van der Waals surface area contributed by atoms with Gasteiger partial charge in [0.25, 0.3) is 0 Å². The predicted molar refractivity (Wildman–Crippen MR) is 105 cm³/mol. The van der Waals surface area contributed by atoms with Gasteiger partial charge in [-0.3, -0.25) is 9.59 Å². The molecule has 5 heteroatoms. The normalized spacial score (nSPS) is 11.6. The summed E-state index contributed by atoms with van der Waals surface area (Å²) in [6.07, 6.45) is 1.03. The number of methoxy groups -OCH3 is 1. The molecule has 0 saturated heterocycles. The number of rotatable bonds is 9. The van der Waals surface area contributed by atoms with Crippen LogP contribution < -0.4 is 9.47 Å². The highest BCUT2D eigenvalue weighted by molar-refractivity contribution is 5.94. The molecule has 0 bridgehead atoms. The van der Waals surface area contributed by atoms with Crippen LogP contribution >= 0.6 is 0 Å². The van der Waals surface area contributed by atoms with Crippen molar-refractivity contribution in [3.8, 4) is 11.5 Å². The molecular weight excluding hydrogens is 342 g/mol. The number of carbonyl (C=O) groups is 2. The Hall–Kier alpha value is -2.82. The van der Waals surface area contributed by atoms with Gasteiger partial charge in [0, 0.05) is 24.6 Å². The first kappa shape index (κ1) is 20.5. The van der Waals surface area contributed by atoms with E-state index in [0.29, 0.717) is 30.8 Å². The van der Waals surface area contributed by atoms with Crippen LogP contribution in [0, 0.1) is 0 Å². The minimum absolute atomic E-state index is 0.0272. The average Bonchev–Trinajstić information content (AvgIpc) is 2.70. The Labute approximate surface area is 160 Å². The van der Waals surface area contributed by atoms with Gasteiger partial charge in [-0.15, -0.1) is 0 Å². The van der Waals surface area contributed by atoms with E-state index in [2.05, 4.69) is 0 Å². The molecule has 0 saturated carbocycles. The van der Waals surface area contributed by atoms with E-state index in [1.54, 1.807) is 43.3 Å². The topological polar surface area (TPSA) is 55.8 Å². The van der Waals surface area contributed by atoms with Crippen LogP contribution in [0.15, 0.2) is 48.5 Å². The van der Waals surface area contributed by atoms with Crippen molar-refractivity contribution in [1.29, 1.82) is 0 Å². The van der Waals surface area contributed by atoms with E-state index in [0.717, 1.165) is 11.3 Å². The van der Waals surface area contributed by atoms with Gasteiger partial charge in [-0.25, -0.2) is 0 Å². The molecule has 2 aromatic carbocycles. The van der Waals surface area contributed by atoms with E-state index < -0.39 is 0 Å². The highest BCUT2D eigenvalue weighted by Gasteiger charge is 2.19. The molecule has 0 aliphatic rings. The summed E-state index contributed by atoms with van der Waals surface area (Å²) >= 11 is 0. The summed E-state index contributed by atoms with van der Waals surface area (Å²) in [5.74, 6) is 1.56. The molecule has 1 atom stereocenters. The Balaban J connectivity index is 1.81. The molecule has 2 rings (SSSR count). The van der Waals surface area contributed by atoms with E-state index in [1.165, 1.54) is 6.92 Å². The van der Waals surface area contributed by atoms with Crippen molar-refractivity contribution in [1.82, 2.24) is 4.90 Å². The van der Waals surface area contributed by atoms with Crippen LogP contribution in [0.5, 0.6) is 11.5 Å². The second kappa shape index (κ2) is 9.76. The van der Waals surface area contributed by atoms with Crippen molar-refractivity contribution < 1.29 is 19.1 Å². The predicted octanol–water partition coefficient (Wildman–Crippen LogP) is 4.28. The Morgan fingerprint density at radius 2 is 1.74 bits per heavy atom. The van der Waals surface area contributed by atoms with Crippen LogP contribution in [0.2, 0.25) is 0 Å². The van der Waals surface area contributed by atoms with Crippen molar-refractivity contribution in [2.24, 2.45) is 0 Å². The van der Waals surface area contributed by atoms with Gasteiger partial charge in [-0.2, -0.15) is 0 Å². The summed E-state index contributed by atoms with van der Waals surface area (Å²) in [5.41, 5.74) is 1.64. The molecule has 0 N–H and O–H groups in total. The summed E-state index contributed by atoms with van der Waals surface area (Å²) in [6, 6.07) is 14.7. The zero-order valence-electron chi connectivity index (χ0n) is 16.4. The number of nitrogens with zero attached hydrogens (tertiary/aromatic N) is 1. The molecule has 0 heterocycles. The lowest BCUT2D eigenvalue weighted by Crippen LogP contribution is -2.30. The van der Waals surface area contributed by atoms with Crippen molar-refractivity contribution in [3.63, 3.8) is 0 Å². The maximum absolute atomic E-state index is 12.5. The number of para-hydroxylation sites is 1. The molecule has 0 aromatic heterocycles. The van der Waals surface area contributed by atoms with Crippen LogP contribution in [-0.2, 0) is 4.79 Å². The largest absolute Gasteiger partial charge is 0.496 e. The van der Waals surface area contributed by atoms with Gasteiger partial charge in [0.15, 0.2) is 5.78 Å². The van der Waals surface area contributed by atoms with Gasteiger partial charge in [-0.05, 0) is 50.6 Å². The fourth-order valence-corrected chi connectivity index (χ4v) is 2.81. The molecule has 0 aliphatic heterocycles. The Kier molecular flexibility index (Phi) is 7.41. The number of carbonyl (C=O) groups excluding carboxylic acids is 2. The standard InChI is InChI=1S/C22H27NO4/c1-16(20-8-5-6-9-21(20)26-4)23(3)22(25)10-7-15-27-19-13-11-18(12-14-19)17(2)24/h5-6,8-9,11-14,16H,7,10,15H2,1-4H3. The van der Waals surface area contributed by atoms with E-state index in [1.807, 2.05) is 31.2 Å². The second-order valence-electron chi connectivity index (χ2n) is 6.46. The number of hydrogen-bond acceptors (Lipinski definition) is 4. The van der Waals surface area contributed by atoms with Gasteiger partial charge >= 0.3 is 0 Å². The molecular formula is C22H27NO4. The SMILES string of the molecule is COc1ccccc1C(C)N(C)C(=O)CCCOc1ccc(C(C)=O)cc1. The summed E-state index contributed by atoms with van der Waals surface area (Å²) < 4.78 is 11.0. The van der Waals surface area contributed by atoms with Gasteiger partial charge < -0.3 is 14.4 Å². The van der Waals surface area contributed by atoms with Crippen LogP contribution in [0.4, 0.5) is 0 Å². The van der Waals surface area contributed by atoms with Crippen molar-refractivity contribution in [2.45, 2.75) is 32.7 Å². The van der Waals surface area contributed by atoms with Crippen LogP contribution in [0.1, 0.15) is 48.7 Å². The highest BCUT2D eigenvalue weighted by Crippen LogP contribution is 2.28. The second-order valence-corrected chi connectivity index (χ2v) is 6.46. The summed E-state index contributed by atoms with van der Waals surface area (Å²) in [4.78, 5) is 25.5. The summed E-state index contributed by atoms with van der Waals surface area (Å²) in [7, 11) is 3.44. The minimum Gasteiger partial charge on any atom is -0.496 e. The summed E-state index contributed by atoms with van der Waals surface area (Å²) in [6.45, 7) is 3.97. The van der Waals surface area contributed by atoms with Crippen molar-refractivity contribution in [2.75, 3.05) is 20.8 Å². The molecule has 1 amide bonds. The lowest BCUT2D eigenvalue weighted by Gasteiger charge is -2.26. The number of Topliss-reactive ketones (excluding diaryl/α,β-unsaturated/α-hetero) is 1. The third kappa shape index (κ3) is 5.58. The molecule has 0 spiro atoms. The van der Waals surface area contributed by atoms with Gasteiger partial charge in [0.2, 0.25) is 5.91 Å². The third-order valence-electron chi connectivity index (χ3n) is 4.63. The number of ketones is 1. The Morgan fingerprint density at radius 1 is 1.07 bits per heavy atom. The quantitative estimate of drug-likeness (QED) is 0.489. The molecule has 27 heavy (non-hydrogen) atoms. The fourth-order valence-electron chi connectivity index (χ4n) is 2.81. The number of amides is 1. The fraction of sp³-hybridized carbons (Fsp3) is 0.364. The molecule has 0 fully saturated rings. The van der Waals surface area contributed by atoms with E-state index >= 15 is 0 Å². The molecule has 144 valence electrons. The van der Waals surface area contributed by atoms with Gasteiger partial charge in [0.05, 0.1) is 19.8 Å². The highest BCUT2D eigenvalue weighted by atomic mass is 16.5. The monoisotopic (exact) mass is 369 g/mol. The van der Waals surface area contributed by atoms with Crippen LogP contribution in [0.3, 0.4) is 0 Å². The van der Waals surface area contributed by atoms with Crippen LogP contribution in [0.25, 0.3) is 0 Å². The van der Waals surface area contributed by atoms with E-state index in [9.17, 15) is 9.59 Å². The van der Waals surface area contributed by atoms with Crippen molar-refractivity contribution >= 4 is 11.7 Å². The zero-order chi connectivity index (χ0) is 19.8. The first-order valence-corrected chi connectivity index (χ1v) is 9.06. The van der Waals surface area contributed by atoms with Gasteiger partial charge in [0.1, 0.15) is 11.5 Å². The van der Waals surface area contributed by atoms with E-state index in [-0.39, 0.29) is 17.7 Å². The van der Waals surface area contributed by atoms with Gasteiger partial charge in [-0.1, -0.05) is 18.2 Å². The minimum atomic E-state index is -0.0753.